The van der Waals surface area contributed by atoms with E-state index >= 15 is 0 Å². The Morgan fingerprint density at radius 2 is 1.89 bits per heavy atom. The highest BCUT2D eigenvalue weighted by Crippen LogP contribution is 2.21. The fourth-order valence-corrected chi connectivity index (χ4v) is 2.30. The Morgan fingerprint density at radius 1 is 1.11 bits per heavy atom. The van der Waals surface area contributed by atoms with E-state index in [2.05, 4.69) is 31.2 Å². The molecule has 0 bridgehead atoms. The number of halogens is 1. The Morgan fingerprint density at radius 3 is 2.61 bits per heavy atom. The second-order valence-corrected chi connectivity index (χ2v) is 5.06. The van der Waals surface area contributed by atoms with Crippen LogP contribution in [0.25, 0.3) is 0 Å². The highest BCUT2D eigenvalue weighted by molar-refractivity contribution is 6.30. The zero-order chi connectivity index (χ0) is 13.0. The van der Waals surface area contributed by atoms with Crippen LogP contribution in [0.3, 0.4) is 0 Å². The van der Waals surface area contributed by atoms with Crippen molar-refractivity contribution in [2.75, 3.05) is 0 Å². The number of nitrogens with two attached hydrogens (primary N) is 1. The number of aryl methyl sites for hydroxylation is 2. The molecule has 0 spiro atoms. The van der Waals surface area contributed by atoms with Crippen molar-refractivity contribution in [1.29, 1.82) is 0 Å². The van der Waals surface area contributed by atoms with Gasteiger partial charge in [0.15, 0.2) is 0 Å². The molecule has 2 N–H and O–H groups in total. The van der Waals surface area contributed by atoms with Crippen LogP contribution in [0.15, 0.2) is 48.5 Å². The van der Waals surface area contributed by atoms with Gasteiger partial charge in [0.1, 0.15) is 0 Å². The summed E-state index contributed by atoms with van der Waals surface area (Å²) in [5.41, 5.74) is 10.0. The van der Waals surface area contributed by atoms with Crippen LogP contribution < -0.4 is 5.73 Å². The van der Waals surface area contributed by atoms with Crippen molar-refractivity contribution >= 4 is 11.6 Å². The van der Waals surface area contributed by atoms with Gasteiger partial charge in [0.2, 0.25) is 0 Å². The quantitative estimate of drug-likeness (QED) is 0.871. The molecule has 0 heterocycles. The van der Waals surface area contributed by atoms with E-state index in [0.29, 0.717) is 0 Å². The Labute approximate surface area is 114 Å². The van der Waals surface area contributed by atoms with Gasteiger partial charge < -0.3 is 5.73 Å². The lowest BCUT2D eigenvalue weighted by Crippen LogP contribution is -2.11. The molecule has 0 saturated heterocycles. The molecule has 1 atom stereocenters. The minimum atomic E-state index is 0.0447. The molecule has 0 aliphatic rings. The number of rotatable bonds is 4. The van der Waals surface area contributed by atoms with E-state index in [1.54, 1.807) is 0 Å². The van der Waals surface area contributed by atoms with Crippen molar-refractivity contribution in [1.82, 2.24) is 0 Å². The molecule has 1 unspecified atom stereocenters. The van der Waals surface area contributed by atoms with E-state index in [4.69, 9.17) is 17.3 Å². The lowest BCUT2D eigenvalue weighted by atomic mass is 9.97. The summed E-state index contributed by atoms with van der Waals surface area (Å²) < 4.78 is 0. The first-order chi connectivity index (χ1) is 8.66. The van der Waals surface area contributed by atoms with Crippen molar-refractivity contribution in [2.45, 2.75) is 25.8 Å². The summed E-state index contributed by atoms with van der Waals surface area (Å²) >= 11 is 5.98. The van der Waals surface area contributed by atoms with E-state index in [-0.39, 0.29) is 6.04 Å². The molecule has 2 aromatic carbocycles. The van der Waals surface area contributed by atoms with E-state index in [1.807, 2.05) is 24.3 Å². The first kappa shape index (κ1) is 13.1. The van der Waals surface area contributed by atoms with Crippen LogP contribution in [0.2, 0.25) is 5.02 Å². The standard InChI is InChI=1S/C16H18ClN/c1-12-5-2-3-6-13(12)9-10-16(18)14-7-4-8-15(17)11-14/h2-8,11,16H,9-10,18H2,1H3. The van der Waals surface area contributed by atoms with E-state index in [1.165, 1.54) is 11.1 Å². The molecule has 0 fully saturated rings. The summed E-state index contributed by atoms with van der Waals surface area (Å²) in [5, 5.41) is 0.749. The van der Waals surface area contributed by atoms with Gasteiger partial charge in [-0.1, -0.05) is 48.0 Å². The summed E-state index contributed by atoms with van der Waals surface area (Å²) in [7, 11) is 0. The Balaban J connectivity index is 2.00. The zero-order valence-electron chi connectivity index (χ0n) is 10.6. The smallest absolute Gasteiger partial charge is 0.0409 e. The zero-order valence-corrected chi connectivity index (χ0v) is 11.3. The molecule has 94 valence electrons. The molecular weight excluding hydrogens is 242 g/mol. The second-order valence-electron chi connectivity index (χ2n) is 4.63. The molecular formula is C16H18ClN. The molecule has 18 heavy (non-hydrogen) atoms. The largest absolute Gasteiger partial charge is 0.324 e. The van der Waals surface area contributed by atoms with Crippen molar-refractivity contribution in [2.24, 2.45) is 5.73 Å². The second kappa shape index (κ2) is 6.03. The molecule has 0 amide bonds. The molecule has 0 radical (unpaired) electrons. The minimum absolute atomic E-state index is 0.0447. The fraction of sp³-hybridized carbons (Fsp3) is 0.250. The minimum Gasteiger partial charge on any atom is -0.324 e. The summed E-state index contributed by atoms with van der Waals surface area (Å²) in [4.78, 5) is 0. The lowest BCUT2D eigenvalue weighted by Gasteiger charge is -2.13. The van der Waals surface area contributed by atoms with Crippen LogP contribution in [0, 0.1) is 6.92 Å². The number of hydrogen-bond acceptors (Lipinski definition) is 1. The molecule has 0 aliphatic carbocycles. The topological polar surface area (TPSA) is 26.0 Å². The van der Waals surface area contributed by atoms with Crippen LogP contribution in [0.5, 0.6) is 0 Å². The first-order valence-electron chi connectivity index (χ1n) is 6.22. The van der Waals surface area contributed by atoms with Gasteiger partial charge in [0.05, 0.1) is 0 Å². The van der Waals surface area contributed by atoms with Gasteiger partial charge in [0, 0.05) is 11.1 Å². The molecule has 2 heteroatoms. The predicted octanol–water partition coefficient (Wildman–Crippen LogP) is 4.28. The maximum atomic E-state index is 6.20. The van der Waals surface area contributed by atoms with Gasteiger partial charge in [-0.3, -0.25) is 0 Å². The van der Waals surface area contributed by atoms with Crippen molar-refractivity contribution in [3.8, 4) is 0 Å². The maximum absolute atomic E-state index is 6.20. The Kier molecular flexibility index (Phi) is 4.40. The molecule has 2 aromatic rings. The van der Waals surface area contributed by atoms with Crippen molar-refractivity contribution in [3.05, 3.63) is 70.2 Å². The van der Waals surface area contributed by atoms with Gasteiger partial charge in [0.25, 0.3) is 0 Å². The molecule has 1 nitrogen and oxygen atoms in total. The first-order valence-corrected chi connectivity index (χ1v) is 6.60. The fourth-order valence-electron chi connectivity index (χ4n) is 2.11. The van der Waals surface area contributed by atoms with Crippen LogP contribution in [0.4, 0.5) is 0 Å². The predicted molar refractivity (Wildman–Crippen MR) is 77.9 cm³/mol. The monoisotopic (exact) mass is 259 g/mol. The molecule has 0 saturated carbocycles. The van der Waals surface area contributed by atoms with E-state index < -0.39 is 0 Å². The SMILES string of the molecule is Cc1ccccc1CCC(N)c1cccc(Cl)c1. The molecule has 0 aliphatic heterocycles. The number of benzene rings is 2. The normalized spacial score (nSPS) is 12.4. The van der Waals surface area contributed by atoms with Crippen LogP contribution in [-0.2, 0) is 6.42 Å². The van der Waals surface area contributed by atoms with Crippen molar-refractivity contribution in [3.63, 3.8) is 0 Å². The lowest BCUT2D eigenvalue weighted by molar-refractivity contribution is 0.650. The van der Waals surface area contributed by atoms with Gasteiger partial charge >= 0.3 is 0 Å². The summed E-state index contributed by atoms with van der Waals surface area (Å²) in [5.74, 6) is 0. The summed E-state index contributed by atoms with van der Waals surface area (Å²) in [6, 6.07) is 16.3. The Bertz CT molecular complexity index is 522. The number of hydrogen-bond donors (Lipinski definition) is 1. The van der Waals surface area contributed by atoms with Gasteiger partial charge in [-0.05, 0) is 48.6 Å². The molecule has 0 aromatic heterocycles. The van der Waals surface area contributed by atoms with E-state index in [0.717, 1.165) is 23.4 Å². The van der Waals surface area contributed by atoms with E-state index in [9.17, 15) is 0 Å². The average Bonchev–Trinajstić information content (AvgIpc) is 2.37. The third kappa shape index (κ3) is 3.34. The van der Waals surface area contributed by atoms with Crippen LogP contribution >= 0.6 is 11.6 Å². The third-order valence-corrected chi connectivity index (χ3v) is 3.50. The average molecular weight is 260 g/mol. The summed E-state index contributed by atoms with van der Waals surface area (Å²) in [6.07, 6.45) is 1.94. The van der Waals surface area contributed by atoms with Gasteiger partial charge in [-0.15, -0.1) is 0 Å². The van der Waals surface area contributed by atoms with Gasteiger partial charge in [-0.2, -0.15) is 0 Å². The highest BCUT2D eigenvalue weighted by Gasteiger charge is 2.07. The highest BCUT2D eigenvalue weighted by atomic mass is 35.5. The Hall–Kier alpha value is -1.31. The van der Waals surface area contributed by atoms with Gasteiger partial charge in [-0.25, -0.2) is 0 Å². The van der Waals surface area contributed by atoms with Crippen molar-refractivity contribution < 1.29 is 0 Å². The third-order valence-electron chi connectivity index (χ3n) is 3.26. The summed E-state index contributed by atoms with van der Waals surface area (Å²) in [6.45, 7) is 2.14. The van der Waals surface area contributed by atoms with Crippen LogP contribution in [0.1, 0.15) is 29.2 Å². The van der Waals surface area contributed by atoms with Crippen LogP contribution in [-0.4, -0.2) is 0 Å². The molecule has 2 rings (SSSR count). The maximum Gasteiger partial charge on any atom is 0.0409 e.